The van der Waals surface area contributed by atoms with Crippen LogP contribution in [0.2, 0.25) is 0 Å². The molecule has 0 radical (unpaired) electrons. The molecular formula is C7H11BrFN3. The van der Waals surface area contributed by atoms with Gasteiger partial charge in [-0.2, -0.15) is 0 Å². The molecular weight excluding hydrogens is 225 g/mol. The Balaban J connectivity index is 2.52. The number of hydrogen-bond acceptors (Lipinski definition) is 2. The van der Waals surface area contributed by atoms with Gasteiger partial charge in [-0.15, -0.1) is 5.10 Å². The van der Waals surface area contributed by atoms with E-state index in [1.807, 2.05) is 13.1 Å². The van der Waals surface area contributed by atoms with Crippen LogP contribution in [0.25, 0.3) is 0 Å². The summed E-state index contributed by atoms with van der Waals surface area (Å²) in [4.78, 5) is 0.205. The molecule has 0 aliphatic carbocycles. The van der Waals surface area contributed by atoms with Crippen molar-refractivity contribution in [1.29, 1.82) is 0 Å². The molecule has 0 spiro atoms. The van der Waals surface area contributed by atoms with Crippen LogP contribution in [0, 0.1) is 0 Å². The molecule has 0 aromatic carbocycles. The van der Waals surface area contributed by atoms with Gasteiger partial charge in [0.25, 0.3) is 0 Å². The van der Waals surface area contributed by atoms with Crippen LogP contribution in [0.3, 0.4) is 0 Å². The zero-order chi connectivity index (χ0) is 8.97. The summed E-state index contributed by atoms with van der Waals surface area (Å²) in [6.07, 6.45) is 2.33. The van der Waals surface area contributed by atoms with Crippen molar-refractivity contribution in [3.63, 3.8) is 0 Å². The van der Waals surface area contributed by atoms with E-state index in [0.29, 0.717) is 13.0 Å². The number of alkyl halides is 2. The van der Waals surface area contributed by atoms with Crippen LogP contribution in [-0.4, -0.2) is 21.7 Å². The van der Waals surface area contributed by atoms with Crippen LogP contribution in [-0.2, 0) is 6.54 Å². The molecule has 0 saturated carbocycles. The fraction of sp³-hybridized carbons (Fsp3) is 0.714. The Morgan fingerprint density at radius 2 is 2.50 bits per heavy atom. The lowest BCUT2D eigenvalue weighted by atomic mass is 10.4. The molecule has 1 aromatic rings. The van der Waals surface area contributed by atoms with Crippen molar-refractivity contribution < 1.29 is 4.39 Å². The summed E-state index contributed by atoms with van der Waals surface area (Å²) in [5.74, 6) is 0. The molecule has 0 saturated heterocycles. The van der Waals surface area contributed by atoms with Crippen molar-refractivity contribution >= 4 is 15.9 Å². The van der Waals surface area contributed by atoms with Gasteiger partial charge in [0.2, 0.25) is 0 Å². The molecule has 1 rings (SSSR count). The summed E-state index contributed by atoms with van der Waals surface area (Å²) in [6, 6.07) is 0. The average Bonchev–Trinajstić information content (AvgIpc) is 2.48. The maximum atomic E-state index is 11.8. The smallest absolute Gasteiger partial charge is 0.0960 e. The van der Waals surface area contributed by atoms with Gasteiger partial charge in [0.05, 0.1) is 17.2 Å². The van der Waals surface area contributed by atoms with E-state index in [9.17, 15) is 4.39 Å². The fourth-order valence-corrected chi connectivity index (χ4v) is 1.04. The molecule has 5 heteroatoms. The number of aromatic nitrogens is 3. The van der Waals surface area contributed by atoms with Gasteiger partial charge in [-0.3, -0.25) is 9.07 Å². The number of halogens is 2. The molecule has 1 heterocycles. The lowest BCUT2D eigenvalue weighted by molar-refractivity contribution is 0.431. The first-order chi connectivity index (χ1) is 5.74. The highest BCUT2D eigenvalue weighted by Crippen LogP contribution is 2.17. The second-order valence-electron chi connectivity index (χ2n) is 2.57. The summed E-state index contributed by atoms with van der Waals surface area (Å²) >= 11 is 3.37. The molecule has 12 heavy (non-hydrogen) atoms. The molecule has 3 nitrogen and oxygen atoms in total. The predicted molar refractivity (Wildman–Crippen MR) is 48.0 cm³/mol. The van der Waals surface area contributed by atoms with Crippen molar-refractivity contribution in [3.05, 3.63) is 11.9 Å². The number of aryl methyl sites for hydroxylation is 1. The Hall–Kier alpha value is -0.450. The minimum absolute atomic E-state index is 0.205. The van der Waals surface area contributed by atoms with E-state index in [-0.39, 0.29) is 11.5 Å². The number of rotatable bonds is 4. The molecule has 0 aliphatic rings. The molecule has 1 atom stereocenters. The Labute approximate surface area is 79.1 Å². The van der Waals surface area contributed by atoms with Gasteiger partial charge in [-0.25, -0.2) is 0 Å². The highest BCUT2D eigenvalue weighted by Gasteiger charge is 2.05. The van der Waals surface area contributed by atoms with Crippen molar-refractivity contribution in [3.8, 4) is 0 Å². The monoisotopic (exact) mass is 235 g/mol. The van der Waals surface area contributed by atoms with E-state index in [1.54, 1.807) is 4.68 Å². The normalized spacial score (nSPS) is 13.2. The van der Waals surface area contributed by atoms with E-state index in [2.05, 4.69) is 26.2 Å². The molecule has 1 aromatic heterocycles. The van der Waals surface area contributed by atoms with Crippen LogP contribution in [0.4, 0.5) is 4.39 Å². The molecule has 0 aliphatic heterocycles. The second kappa shape index (κ2) is 4.54. The molecule has 0 N–H and O–H groups in total. The van der Waals surface area contributed by atoms with Gasteiger partial charge < -0.3 is 0 Å². The fourth-order valence-electron chi connectivity index (χ4n) is 0.827. The summed E-state index contributed by atoms with van der Waals surface area (Å²) < 4.78 is 13.4. The van der Waals surface area contributed by atoms with Crippen molar-refractivity contribution in [2.45, 2.75) is 24.7 Å². The Bertz CT molecular complexity index is 236. The first kappa shape index (κ1) is 9.64. The van der Waals surface area contributed by atoms with Crippen LogP contribution >= 0.6 is 15.9 Å². The molecule has 0 bridgehead atoms. The van der Waals surface area contributed by atoms with Gasteiger partial charge in [0.15, 0.2) is 0 Å². The van der Waals surface area contributed by atoms with E-state index in [0.717, 1.165) is 5.69 Å². The third-order valence-corrected chi connectivity index (χ3v) is 1.95. The second-order valence-corrected chi connectivity index (χ2v) is 3.94. The van der Waals surface area contributed by atoms with Crippen molar-refractivity contribution in [2.75, 3.05) is 6.67 Å². The van der Waals surface area contributed by atoms with Crippen molar-refractivity contribution in [1.82, 2.24) is 15.0 Å². The predicted octanol–water partition coefficient (Wildman–Crippen LogP) is 2.09. The summed E-state index contributed by atoms with van der Waals surface area (Å²) in [5, 5.41) is 7.76. The topological polar surface area (TPSA) is 30.7 Å². The van der Waals surface area contributed by atoms with E-state index >= 15 is 0 Å². The minimum atomic E-state index is -0.306. The molecule has 1 unspecified atom stereocenters. The van der Waals surface area contributed by atoms with Gasteiger partial charge >= 0.3 is 0 Å². The maximum Gasteiger partial charge on any atom is 0.0960 e. The first-order valence-corrected chi connectivity index (χ1v) is 4.75. The maximum absolute atomic E-state index is 11.8. The van der Waals surface area contributed by atoms with E-state index in [1.165, 1.54) is 0 Å². The van der Waals surface area contributed by atoms with Crippen molar-refractivity contribution in [2.24, 2.45) is 0 Å². The minimum Gasteiger partial charge on any atom is -0.252 e. The van der Waals surface area contributed by atoms with Gasteiger partial charge in [0.1, 0.15) is 0 Å². The standard InChI is InChI=1S/C7H11BrFN3/c1-6(8)7-5-12(11-10-7)4-2-3-9/h5-6H,2-4H2,1H3. The van der Waals surface area contributed by atoms with Crippen LogP contribution in [0.1, 0.15) is 23.9 Å². The molecule has 68 valence electrons. The average molecular weight is 236 g/mol. The summed E-state index contributed by atoms with van der Waals surface area (Å²) in [7, 11) is 0. The first-order valence-electron chi connectivity index (χ1n) is 3.84. The summed E-state index contributed by atoms with van der Waals surface area (Å²) in [6.45, 7) is 2.27. The largest absolute Gasteiger partial charge is 0.252 e. The Morgan fingerprint density at radius 3 is 3.00 bits per heavy atom. The Morgan fingerprint density at radius 1 is 1.75 bits per heavy atom. The number of nitrogens with zero attached hydrogens (tertiary/aromatic N) is 3. The van der Waals surface area contributed by atoms with Gasteiger partial charge in [-0.1, -0.05) is 21.1 Å². The van der Waals surface area contributed by atoms with E-state index in [4.69, 9.17) is 0 Å². The number of hydrogen-bond donors (Lipinski definition) is 0. The SMILES string of the molecule is CC(Br)c1cn(CCCF)nn1. The van der Waals surface area contributed by atoms with Gasteiger partial charge in [0, 0.05) is 12.7 Å². The lowest BCUT2D eigenvalue weighted by Crippen LogP contribution is -1.99. The molecule has 0 amide bonds. The zero-order valence-electron chi connectivity index (χ0n) is 6.87. The highest BCUT2D eigenvalue weighted by molar-refractivity contribution is 9.09. The van der Waals surface area contributed by atoms with Crippen LogP contribution in [0.15, 0.2) is 6.20 Å². The van der Waals surface area contributed by atoms with Crippen LogP contribution < -0.4 is 0 Å². The highest BCUT2D eigenvalue weighted by atomic mass is 79.9. The quantitative estimate of drug-likeness (QED) is 0.749. The van der Waals surface area contributed by atoms with Gasteiger partial charge in [-0.05, 0) is 13.3 Å². The molecule has 0 fully saturated rings. The zero-order valence-corrected chi connectivity index (χ0v) is 8.46. The third-order valence-electron chi connectivity index (χ3n) is 1.48. The lowest BCUT2D eigenvalue weighted by Gasteiger charge is -1.95. The van der Waals surface area contributed by atoms with E-state index < -0.39 is 0 Å². The third kappa shape index (κ3) is 2.55. The Kier molecular flexibility index (Phi) is 3.65. The van der Waals surface area contributed by atoms with Crippen LogP contribution in [0.5, 0.6) is 0 Å². The summed E-state index contributed by atoms with van der Waals surface area (Å²) in [5.41, 5.74) is 0.883.